The summed E-state index contributed by atoms with van der Waals surface area (Å²) in [6.07, 6.45) is 0. The maximum absolute atomic E-state index is 11.5. The third-order valence-corrected chi connectivity index (χ3v) is 9.37. The van der Waals surface area contributed by atoms with Crippen LogP contribution in [-0.2, 0) is 0 Å². The molecule has 0 spiro atoms. The predicted molar refractivity (Wildman–Crippen MR) is 158 cm³/mol. The molecule has 0 saturated heterocycles. The average molecular weight is 684 g/mol. The smallest absolute Gasteiger partial charge is 0.333 e. The summed E-state index contributed by atoms with van der Waals surface area (Å²) >= 11 is 0. The van der Waals surface area contributed by atoms with Gasteiger partial charge in [0.05, 0.1) is 33.2 Å². The number of rotatable bonds is 6. The van der Waals surface area contributed by atoms with Crippen molar-refractivity contribution in [2.24, 2.45) is 5.92 Å². The molecule has 0 aliphatic carbocycles. The Bertz CT molecular complexity index is 1440. The fraction of sp³-hybridized carbons (Fsp3) is 0.125. The van der Waals surface area contributed by atoms with Gasteiger partial charge in [0.2, 0.25) is 5.88 Å². The molecule has 5 aromatic rings. The summed E-state index contributed by atoms with van der Waals surface area (Å²) in [5.41, 5.74) is 1.80. The minimum absolute atomic E-state index is 0. The minimum atomic E-state index is -2.53. The summed E-state index contributed by atoms with van der Waals surface area (Å²) in [4.78, 5) is 10.0. The van der Waals surface area contributed by atoms with E-state index in [0.717, 1.165) is 21.6 Å². The van der Waals surface area contributed by atoms with Gasteiger partial charge in [-0.25, -0.2) is 4.68 Å². The Morgan fingerprint density at radius 2 is 1.08 bits per heavy atom. The van der Waals surface area contributed by atoms with Crippen LogP contribution in [0.15, 0.2) is 121 Å². The minimum Gasteiger partial charge on any atom is -0.493 e. The number of hydrogen-bond acceptors (Lipinski definition) is 2. The first-order valence-electron chi connectivity index (χ1n) is 12.5. The van der Waals surface area contributed by atoms with Crippen LogP contribution in [0.5, 0.6) is 5.88 Å². The van der Waals surface area contributed by atoms with Crippen LogP contribution in [0.2, 0.25) is 0 Å². The number of benzene rings is 4. The van der Waals surface area contributed by atoms with Crippen molar-refractivity contribution in [2.45, 2.75) is 20.8 Å². The molecule has 0 saturated carbocycles. The molecule has 5 nitrogen and oxygen atoms in total. The van der Waals surface area contributed by atoms with Crippen LogP contribution < -0.4 is 15.9 Å². The van der Waals surface area contributed by atoms with E-state index in [1.165, 1.54) is 4.68 Å². The number of aryl methyl sites for hydroxylation is 1. The van der Waals surface area contributed by atoms with Crippen LogP contribution in [-0.4, -0.2) is 30.0 Å². The van der Waals surface area contributed by atoms with Crippen molar-refractivity contribution in [3.63, 3.8) is 0 Å². The van der Waals surface area contributed by atoms with Crippen LogP contribution in [0.3, 0.4) is 0 Å². The normalized spacial score (nSPS) is 10.8. The van der Waals surface area contributed by atoms with Crippen molar-refractivity contribution in [2.75, 3.05) is 0 Å². The number of carbonyl (C=O) groups excluding carboxylic acids is 1. The van der Waals surface area contributed by atoms with Crippen LogP contribution in [0.25, 0.3) is 5.69 Å². The van der Waals surface area contributed by atoms with Gasteiger partial charge < -0.3 is 9.67 Å². The van der Waals surface area contributed by atoms with Gasteiger partial charge in [-0.15, -0.1) is 0 Å². The van der Waals surface area contributed by atoms with E-state index < -0.39 is 7.14 Å². The van der Waals surface area contributed by atoms with Crippen molar-refractivity contribution in [1.82, 2.24) is 9.78 Å². The SMILES string of the molecule is Cc1nn(-c2ccccc2)c(O)c1C(=[OH+])C(C)C.[OH+]=P(c1ccccc1)(c1ccccc1)c1ccccc1.[Tb]. The van der Waals surface area contributed by atoms with E-state index in [-0.39, 0.29) is 56.2 Å². The quantitative estimate of drug-likeness (QED) is 0.142. The number of aromatic hydroxyl groups is 1. The second-order valence-electron chi connectivity index (χ2n) is 9.21. The molecular weight excluding hydrogens is 650 g/mol. The zero-order chi connectivity index (χ0) is 27.1. The Balaban J connectivity index is 0.000000211. The molecule has 0 aliphatic heterocycles. The topological polar surface area (TPSA) is 80.8 Å². The van der Waals surface area contributed by atoms with E-state index in [1.54, 1.807) is 6.92 Å². The first-order valence-corrected chi connectivity index (χ1v) is 14.3. The summed E-state index contributed by atoms with van der Waals surface area (Å²) in [6.45, 7) is 5.51. The average Bonchev–Trinajstić information content (AvgIpc) is 3.27. The number of aromatic nitrogens is 2. The number of nitrogens with zero attached hydrogens (tertiary/aromatic N) is 2. The molecule has 4 aromatic carbocycles. The van der Waals surface area contributed by atoms with Crippen molar-refractivity contribution < 1.29 is 53.1 Å². The summed E-state index contributed by atoms with van der Waals surface area (Å²) in [6, 6.07) is 39.2. The Hall–Kier alpha value is -2.92. The molecular formula is C32H33N2O3PTb+2. The fourth-order valence-corrected chi connectivity index (χ4v) is 6.94. The maximum atomic E-state index is 11.5. The van der Waals surface area contributed by atoms with Gasteiger partial charge in [-0.1, -0.05) is 86.6 Å². The standard InChI is InChI=1S/C18H15OP.C14H16N2O2.Tb/c19-20(16-10-4-1-5-11-16,17-12-6-2-7-13-17)18-14-8-3-9-15-18;1-9(2)13(17)12-10(3)15-16(14(12)18)11-7-5-4-6-8-11;/h1-15H;4-9,18H,1-3H3;/p+2. The summed E-state index contributed by atoms with van der Waals surface area (Å²) in [5.74, 6) is 0.0834. The molecule has 0 amide bonds. The second-order valence-corrected chi connectivity index (χ2v) is 12.0. The van der Waals surface area contributed by atoms with Crippen LogP contribution in [0.4, 0.5) is 0 Å². The van der Waals surface area contributed by atoms with Gasteiger partial charge in [0.25, 0.3) is 0 Å². The molecule has 0 aliphatic rings. The molecule has 1 radical (unpaired) electrons. The molecule has 0 fully saturated rings. The van der Waals surface area contributed by atoms with E-state index in [9.17, 15) is 14.5 Å². The first-order chi connectivity index (χ1) is 18.3. The zero-order valence-corrected chi connectivity index (χ0v) is 25.2. The third kappa shape index (κ3) is 6.81. The molecule has 0 unspecified atom stereocenters. The Morgan fingerprint density at radius 1 is 0.718 bits per heavy atom. The van der Waals surface area contributed by atoms with Gasteiger partial charge in [-0.2, -0.15) is 5.10 Å². The van der Waals surface area contributed by atoms with Crippen molar-refractivity contribution in [3.8, 4) is 11.6 Å². The molecule has 39 heavy (non-hydrogen) atoms. The number of ketones is 1. The van der Waals surface area contributed by atoms with Gasteiger partial charge in [0.1, 0.15) is 0 Å². The van der Waals surface area contributed by atoms with Gasteiger partial charge >= 0.3 is 12.9 Å². The van der Waals surface area contributed by atoms with Gasteiger partial charge in [-0.3, -0.25) is 4.79 Å². The Morgan fingerprint density at radius 3 is 1.44 bits per heavy atom. The maximum Gasteiger partial charge on any atom is 0.333 e. The van der Waals surface area contributed by atoms with Crippen molar-refractivity contribution in [1.29, 1.82) is 0 Å². The second kappa shape index (κ2) is 13.9. The number of hydrogen-bond donors (Lipinski definition) is 1. The van der Waals surface area contributed by atoms with E-state index in [4.69, 9.17) is 0 Å². The molecule has 3 N–H and O–H groups in total. The largest absolute Gasteiger partial charge is 0.493 e. The molecule has 7 heteroatoms. The molecule has 1 heterocycles. The summed E-state index contributed by atoms with van der Waals surface area (Å²) < 4.78 is 13.0. The molecule has 201 valence electrons. The van der Waals surface area contributed by atoms with Crippen LogP contribution >= 0.6 is 7.14 Å². The number of para-hydroxylation sites is 1. The monoisotopic (exact) mass is 683 g/mol. The fourth-order valence-electron chi connectivity index (χ4n) is 4.23. The zero-order valence-electron chi connectivity index (χ0n) is 22.1. The van der Waals surface area contributed by atoms with Crippen molar-refractivity contribution >= 4 is 28.8 Å². The van der Waals surface area contributed by atoms with E-state index in [0.29, 0.717) is 11.3 Å². The van der Waals surface area contributed by atoms with Gasteiger partial charge in [-0.05, 0) is 55.5 Å². The Kier molecular flexibility index (Phi) is 10.9. The van der Waals surface area contributed by atoms with Crippen LogP contribution in [0.1, 0.15) is 25.1 Å². The van der Waals surface area contributed by atoms with E-state index >= 15 is 0 Å². The summed E-state index contributed by atoms with van der Waals surface area (Å²) in [5, 5.41) is 17.4. The third-order valence-electron chi connectivity index (χ3n) is 6.23. The first kappa shape index (κ1) is 30.6. The van der Waals surface area contributed by atoms with Gasteiger partial charge in [0, 0.05) is 38.6 Å². The van der Waals surface area contributed by atoms with Crippen molar-refractivity contribution in [3.05, 3.63) is 133 Å². The van der Waals surface area contributed by atoms with E-state index in [2.05, 4.69) is 5.10 Å². The van der Waals surface area contributed by atoms with E-state index in [1.807, 2.05) is 135 Å². The predicted octanol–water partition coefficient (Wildman–Crippen LogP) is 5.70. The molecule has 5 rings (SSSR count). The van der Waals surface area contributed by atoms with Gasteiger partial charge in [0.15, 0.2) is 5.56 Å². The summed E-state index contributed by atoms with van der Waals surface area (Å²) in [7, 11) is -2.53. The van der Waals surface area contributed by atoms with Crippen LogP contribution in [0, 0.1) is 51.5 Å². The Labute approximate surface area is 260 Å². The molecule has 0 bridgehead atoms. The molecule has 0 atom stereocenters. The molecule has 1 aromatic heterocycles.